The average Bonchev–Trinajstić information content (AvgIpc) is 3.20. The van der Waals surface area contributed by atoms with E-state index in [1.165, 1.54) is 102 Å². The molecule has 3 saturated carbocycles. The van der Waals surface area contributed by atoms with Crippen molar-refractivity contribution >= 4 is 17.3 Å². The van der Waals surface area contributed by atoms with Gasteiger partial charge in [-0.1, -0.05) is 80.1 Å². The van der Waals surface area contributed by atoms with E-state index in [4.69, 9.17) is 12.2 Å². The molecule has 0 saturated heterocycles. The number of fused-ring (bicyclic) bond motifs is 5. The summed E-state index contributed by atoms with van der Waals surface area (Å²) in [6.45, 7) is 15.2. The summed E-state index contributed by atoms with van der Waals surface area (Å²) in [7, 11) is 0. The van der Waals surface area contributed by atoms with Crippen molar-refractivity contribution in [2.75, 3.05) is 0 Å². The van der Waals surface area contributed by atoms with Crippen LogP contribution in [0.1, 0.15) is 138 Å². The van der Waals surface area contributed by atoms with E-state index in [-0.39, 0.29) is 0 Å². The van der Waals surface area contributed by atoms with Gasteiger partial charge in [0, 0.05) is 5.70 Å². The summed E-state index contributed by atoms with van der Waals surface area (Å²) in [5.41, 5.74) is 4.31. The number of thiocarbonyl (C=S) groups is 1. The van der Waals surface area contributed by atoms with E-state index in [0.29, 0.717) is 16.9 Å². The van der Waals surface area contributed by atoms with Crippen molar-refractivity contribution in [1.82, 2.24) is 10.6 Å². The molecule has 2 N–H and O–H groups in total. The lowest BCUT2D eigenvalue weighted by atomic mass is 9.44. The number of hydrogen-bond donors (Lipinski definition) is 2. The van der Waals surface area contributed by atoms with Gasteiger partial charge in [-0.25, -0.2) is 0 Å². The minimum atomic E-state index is 0.477. The van der Waals surface area contributed by atoms with Gasteiger partial charge in [-0.05, 0) is 128 Å². The summed E-state index contributed by atoms with van der Waals surface area (Å²) in [4.78, 5) is 0. The molecule has 9 atom stereocenters. The van der Waals surface area contributed by atoms with Crippen LogP contribution in [-0.2, 0) is 0 Å². The molecule has 1 aliphatic heterocycles. The van der Waals surface area contributed by atoms with Crippen molar-refractivity contribution in [3.05, 3.63) is 11.3 Å². The molecule has 5 aliphatic rings. The first-order valence-corrected chi connectivity index (χ1v) is 16.9. The fourth-order valence-corrected chi connectivity index (χ4v) is 11.1. The Morgan fingerprint density at radius 3 is 2.46 bits per heavy atom. The Labute approximate surface area is 235 Å². The highest BCUT2D eigenvalue weighted by Crippen LogP contribution is 2.68. The molecule has 0 spiro atoms. The van der Waals surface area contributed by atoms with Gasteiger partial charge < -0.3 is 10.6 Å². The third kappa shape index (κ3) is 5.18. The molecule has 5 rings (SSSR count). The number of unbranched alkanes of at least 4 members (excludes halogenated alkanes) is 2. The molecule has 0 bridgehead atoms. The molecule has 3 heteroatoms. The molecular formula is C34H58N2S. The number of allylic oxidation sites excluding steroid dienone is 1. The Balaban J connectivity index is 1.32. The number of hydrogen-bond acceptors (Lipinski definition) is 1. The predicted molar refractivity (Wildman–Crippen MR) is 162 cm³/mol. The highest BCUT2D eigenvalue weighted by molar-refractivity contribution is 7.80. The van der Waals surface area contributed by atoms with Crippen LogP contribution in [0, 0.1) is 52.3 Å². The smallest absolute Gasteiger partial charge is 0.171 e. The first kappa shape index (κ1) is 28.0. The van der Waals surface area contributed by atoms with Gasteiger partial charge in [-0.15, -0.1) is 0 Å². The van der Waals surface area contributed by atoms with Crippen molar-refractivity contribution in [1.29, 1.82) is 0 Å². The van der Waals surface area contributed by atoms with E-state index in [1.54, 1.807) is 5.57 Å². The summed E-state index contributed by atoms with van der Waals surface area (Å²) in [6, 6.07) is 0.477. The van der Waals surface area contributed by atoms with Crippen LogP contribution in [0.25, 0.3) is 0 Å². The molecule has 0 aromatic rings. The molecule has 0 amide bonds. The van der Waals surface area contributed by atoms with Gasteiger partial charge in [-0.2, -0.15) is 0 Å². The zero-order valence-corrected chi connectivity index (χ0v) is 26.0. The highest BCUT2D eigenvalue weighted by Gasteiger charge is 2.61. The minimum absolute atomic E-state index is 0.477. The Morgan fingerprint density at radius 2 is 1.70 bits per heavy atom. The lowest BCUT2D eigenvalue weighted by molar-refractivity contribution is -0.104. The fraction of sp³-hybridized carbons (Fsp3) is 0.912. The Bertz CT molecular complexity index is 862. The van der Waals surface area contributed by atoms with Crippen molar-refractivity contribution in [3.8, 4) is 0 Å². The normalized spacial score (nSPS) is 41.9. The molecule has 37 heavy (non-hydrogen) atoms. The van der Waals surface area contributed by atoms with Crippen LogP contribution in [0.3, 0.4) is 0 Å². The maximum Gasteiger partial charge on any atom is 0.171 e. The Kier molecular flexibility index (Phi) is 8.42. The number of nitrogens with one attached hydrogen (secondary N) is 2. The molecule has 1 heterocycles. The molecule has 0 aromatic heterocycles. The van der Waals surface area contributed by atoms with Crippen molar-refractivity contribution in [3.63, 3.8) is 0 Å². The standard InChI is InChI=1S/C34H58N2S/c1-7-8-9-13-30-26-21-34(6)24(20-31(26)36-32(37)35-30)14-15-25-28-17-16-27(23(4)12-10-11-22(2)3)33(28,5)19-18-29(25)34/h22-25,27-30H,7-21H2,1-6H3,(H2,35,36,37)/t23-,24?,25+,27-,28+,29+,30?,33-,34+/m1/s1. The van der Waals surface area contributed by atoms with Gasteiger partial charge >= 0.3 is 0 Å². The van der Waals surface area contributed by atoms with Gasteiger partial charge in [0.1, 0.15) is 0 Å². The molecule has 0 aromatic carbocycles. The van der Waals surface area contributed by atoms with Gasteiger partial charge in [0.2, 0.25) is 0 Å². The van der Waals surface area contributed by atoms with Gasteiger partial charge in [-0.3, -0.25) is 0 Å². The molecular weight excluding hydrogens is 468 g/mol. The highest BCUT2D eigenvalue weighted by atomic mass is 32.1. The van der Waals surface area contributed by atoms with Crippen LogP contribution in [0.5, 0.6) is 0 Å². The summed E-state index contributed by atoms with van der Waals surface area (Å²) in [6.07, 6.45) is 21.0. The van der Waals surface area contributed by atoms with E-state index >= 15 is 0 Å². The minimum Gasteiger partial charge on any atom is -0.356 e. The third-order valence-corrected chi connectivity index (χ3v) is 13.0. The molecule has 2 nitrogen and oxygen atoms in total. The summed E-state index contributed by atoms with van der Waals surface area (Å²) in [5, 5.41) is 8.23. The lowest BCUT2D eigenvalue weighted by Gasteiger charge is -2.61. The van der Waals surface area contributed by atoms with Crippen molar-refractivity contribution < 1.29 is 0 Å². The largest absolute Gasteiger partial charge is 0.356 e. The average molecular weight is 527 g/mol. The lowest BCUT2D eigenvalue weighted by Crippen LogP contribution is -2.57. The van der Waals surface area contributed by atoms with E-state index in [1.807, 2.05) is 0 Å². The van der Waals surface area contributed by atoms with Gasteiger partial charge in [0.15, 0.2) is 5.11 Å². The monoisotopic (exact) mass is 526 g/mol. The van der Waals surface area contributed by atoms with E-state index in [2.05, 4.69) is 52.2 Å². The van der Waals surface area contributed by atoms with Crippen LogP contribution < -0.4 is 10.6 Å². The Morgan fingerprint density at radius 1 is 0.919 bits per heavy atom. The van der Waals surface area contributed by atoms with Crippen LogP contribution in [-0.4, -0.2) is 11.2 Å². The second kappa shape index (κ2) is 11.1. The van der Waals surface area contributed by atoms with Gasteiger partial charge in [0.25, 0.3) is 0 Å². The first-order chi connectivity index (χ1) is 17.7. The third-order valence-electron chi connectivity index (χ3n) is 12.8. The predicted octanol–water partition coefficient (Wildman–Crippen LogP) is 9.40. The molecule has 0 radical (unpaired) electrons. The topological polar surface area (TPSA) is 24.1 Å². The zero-order valence-electron chi connectivity index (χ0n) is 25.1. The number of rotatable bonds is 9. The molecule has 2 unspecified atom stereocenters. The summed E-state index contributed by atoms with van der Waals surface area (Å²) >= 11 is 5.67. The summed E-state index contributed by atoms with van der Waals surface area (Å²) in [5.74, 6) is 6.45. The molecule has 3 fully saturated rings. The molecule has 210 valence electrons. The SMILES string of the molecule is CCCCCC1NC(=S)NC2=C1C[C@@]1(C)C(CC[C@H]3[C@@H]4CC[C@H]([C@H](C)CCCC(C)C)[C@@]4(C)CC[C@@H]31)C2. The quantitative estimate of drug-likeness (QED) is 0.231. The van der Waals surface area contributed by atoms with Crippen LogP contribution >= 0.6 is 12.2 Å². The summed E-state index contributed by atoms with van der Waals surface area (Å²) < 4.78 is 0. The second-order valence-corrected chi connectivity index (χ2v) is 15.6. The van der Waals surface area contributed by atoms with Crippen molar-refractivity contribution in [2.45, 2.75) is 144 Å². The fourth-order valence-electron chi connectivity index (χ4n) is 10.8. The van der Waals surface area contributed by atoms with Crippen LogP contribution in [0.4, 0.5) is 0 Å². The Hall–Kier alpha value is -0.570. The molecule has 4 aliphatic carbocycles. The van der Waals surface area contributed by atoms with Crippen LogP contribution in [0.15, 0.2) is 11.3 Å². The van der Waals surface area contributed by atoms with Crippen molar-refractivity contribution in [2.24, 2.45) is 52.3 Å². The second-order valence-electron chi connectivity index (χ2n) is 15.2. The van der Waals surface area contributed by atoms with E-state index in [0.717, 1.165) is 46.5 Å². The maximum atomic E-state index is 5.67. The first-order valence-electron chi connectivity index (χ1n) is 16.5. The van der Waals surface area contributed by atoms with E-state index < -0.39 is 0 Å². The zero-order chi connectivity index (χ0) is 26.4. The van der Waals surface area contributed by atoms with Gasteiger partial charge in [0.05, 0.1) is 6.04 Å². The maximum absolute atomic E-state index is 5.67. The van der Waals surface area contributed by atoms with E-state index in [9.17, 15) is 0 Å². The van der Waals surface area contributed by atoms with Crippen LogP contribution in [0.2, 0.25) is 0 Å².